The molecule has 28 heavy (non-hydrogen) atoms. The van der Waals surface area contributed by atoms with Crippen LogP contribution in [0.3, 0.4) is 0 Å². The molecule has 6 nitrogen and oxygen atoms in total. The Morgan fingerprint density at radius 2 is 1.96 bits per heavy atom. The summed E-state index contributed by atoms with van der Waals surface area (Å²) in [6.45, 7) is 1.88. The number of nitrogen functional groups attached to an aromatic ring is 1. The average Bonchev–Trinajstić information content (AvgIpc) is 3.33. The van der Waals surface area contributed by atoms with E-state index in [0.29, 0.717) is 23.4 Å². The number of carbonyl (C=O) groups excluding carboxylic acids is 1. The first-order chi connectivity index (χ1) is 13.6. The van der Waals surface area contributed by atoms with Gasteiger partial charge >= 0.3 is 0 Å². The number of fused-ring (bicyclic) bond motifs is 1. The summed E-state index contributed by atoms with van der Waals surface area (Å²) < 4.78 is 1.51. The van der Waals surface area contributed by atoms with Crippen molar-refractivity contribution in [3.8, 4) is 0 Å². The van der Waals surface area contributed by atoms with Crippen LogP contribution in [0.2, 0.25) is 0 Å². The molecule has 3 N–H and O–H groups in total. The van der Waals surface area contributed by atoms with Gasteiger partial charge in [-0.3, -0.25) is 4.79 Å². The van der Waals surface area contributed by atoms with E-state index < -0.39 is 0 Å². The molecule has 0 unspecified atom stereocenters. The van der Waals surface area contributed by atoms with Gasteiger partial charge in [0.1, 0.15) is 0 Å². The van der Waals surface area contributed by atoms with Crippen LogP contribution in [-0.4, -0.2) is 32.1 Å². The lowest BCUT2D eigenvalue weighted by Gasteiger charge is -2.15. The molecule has 1 amide bonds. The lowest BCUT2D eigenvalue weighted by Crippen LogP contribution is -2.37. The van der Waals surface area contributed by atoms with E-state index in [9.17, 15) is 4.79 Å². The first kappa shape index (κ1) is 18.8. The number of nitrogens with two attached hydrogens (primary N) is 1. The fraction of sp³-hybridized carbons (Fsp3) is 0.381. The summed E-state index contributed by atoms with van der Waals surface area (Å²) in [7, 11) is 0. The van der Waals surface area contributed by atoms with Gasteiger partial charge in [-0.15, -0.1) is 10.2 Å². The Bertz CT molecular complexity index is 975. The fourth-order valence-electron chi connectivity index (χ4n) is 3.73. The molecule has 1 aromatic heterocycles. The van der Waals surface area contributed by atoms with E-state index >= 15 is 0 Å². The second kappa shape index (κ2) is 8.22. The maximum atomic E-state index is 12.4. The van der Waals surface area contributed by atoms with Crippen molar-refractivity contribution in [3.05, 3.63) is 53.9 Å². The molecule has 0 radical (unpaired) electrons. The van der Waals surface area contributed by atoms with Gasteiger partial charge < -0.3 is 11.2 Å². The quantitative estimate of drug-likeness (QED) is 0.494. The summed E-state index contributed by atoms with van der Waals surface area (Å²) in [4.78, 5) is 12.4. The van der Waals surface area contributed by atoms with Gasteiger partial charge in [0.05, 0.1) is 5.25 Å². The average molecular weight is 396 g/mol. The van der Waals surface area contributed by atoms with Crippen LogP contribution >= 0.6 is 11.8 Å². The molecule has 3 aromatic rings. The molecule has 0 aliphatic heterocycles. The highest BCUT2D eigenvalue weighted by Gasteiger charge is 2.23. The summed E-state index contributed by atoms with van der Waals surface area (Å²) in [5.74, 6) is 6.97. The number of nitrogens with zero attached hydrogens (tertiary/aromatic N) is 3. The number of hydrogen-bond acceptors (Lipinski definition) is 5. The Labute approximate surface area is 168 Å². The van der Waals surface area contributed by atoms with Gasteiger partial charge in [-0.05, 0) is 36.1 Å². The minimum Gasteiger partial charge on any atom is -0.352 e. The van der Waals surface area contributed by atoms with E-state index in [4.69, 9.17) is 5.84 Å². The molecule has 4 rings (SSSR count). The van der Waals surface area contributed by atoms with Gasteiger partial charge in [0.25, 0.3) is 0 Å². The van der Waals surface area contributed by atoms with Crippen LogP contribution in [0.25, 0.3) is 10.8 Å². The molecule has 1 aliphatic carbocycles. The Hall–Kier alpha value is -2.54. The summed E-state index contributed by atoms with van der Waals surface area (Å²) in [6.07, 6.45) is 5.13. The molecule has 0 saturated heterocycles. The molecule has 0 bridgehead atoms. The van der Waals surface area contributed by atoms with Crippen molar-refractivity contribution in [2.45, 2.75) is 55.5 Å². The van der Waals surface area contributed by atoms with Gasteiger partial charge in [-0.2, -0.15) is 0 Å². The number of benzene rings is 2. The van der Waals surface area contributed by atoms with E-state index in [2.05, 4.69) is 39.8 Å². The van der Waals surface area contributed by atoms with Crippen LogP contribution in [0.1, 0.15) is 44.0 Å². The van der Waals surface area contributed by atoms with E-state index in [-0.39, 0.29) is 11.2 Å². The smallest absolute Gasteiger partial charge is 0.233 e. The number of hydrogen-bond donors (Lipinski definition) is 2. The topological polar surface area (TPSA) is 85.8 Å². The summed E-state index contributed by atoms with van der Waals surface area (Å²) in [6, 6.07) is 14.8. The third-order valence-electron chi connectivity index (χ3n) is 5.32. The van der Waals surface area contributed by atoms with Crippen LogP contribution in [0, 0.1) is 0 Å². The largest absolute Gasteiger partial charge is 0.352 e. The maximum absolute atomic E-state index is 12.4. The first-order valence-corrected chi connectivity index (χ1v) is 10.6. The van der Waals surface area contributed by atoms with Crippen LogP contribution < -0.4 is 11.2 Å². The van der Waals surface area contributed by atoms with Crippen molar-refractivity contribution in [2.75, 3.05) is 5.84 Å². The van der Waals surface area contributed by atoms with Crippen LogP contribution in [-0.2, 0) is 11.2 Å². The van der Waals surface area contributed by atoms with E-state index in [1.165, 1.54) is 40.1 Å². The predicted molar refractivity (Wildman–Crippen MR) is 113 cm³/mol. The Morgan fingerprint density at radius 3 is 2.79 bits per heavy atom. The number of carbonyl (C=O) groups is 1. The highest BCUT2D eigenvalue weighted by molar-refractivity contribution is 8.00. The van der Waals surface area contributed by atoms with Crippen LogP contribution in [0.15, 0.2) is 47.6 Å². The summed E-state index contributed by atoms with van der Waals surface area (Å²) in [5.41, 5.74) is 1.15. The summed E-state index contributed by atoms with van der Waals surface area (Å²) in [5, 5.41) is 14.3. The number of rotatable bonds is 6. The van der Waals surface area contributed by atoms with Crippen LogP contribution in [0.4, 0.5) is 0 Å². The van der Waals surface area contributed by atoms with Gasteiger partial charge in [-0.1, -0.05) is 67.1 Å². The molecule has 1 aliphatic rings. The van der Waals surface area contributed by atoms with Gasteiger partial charge in [0.2, 0.25) is 11.1 Å². The SMILES string of the molecule is C[C@@H](Sc1nnc(Cc2cccc3ccccc23)n1N)C(=O)NC1CCCC1. The van der Waals surface area contributed by atoms with Crippen LogP contribution in [0.5, 0.6) is 0 Å². The number of nitrogens with one attached hydrogen (secondary N) is 1. The molecular formula is C21H25N5OS. The summed E-state index contributed by atoms with van der Waals surface area (Å²) >= 11 is 1.35. The zero-order chi connectivity index (χ0) is 19.5. The third kappa shape index (κ3) is 3.99. The van der Waals surface area contributed by atoms with Gasteiger partial charge in [-0.25, -0.2) is 4.68 Å². The molecule has 1 heterocycles. The normalized spacial score (nSPS) is 15.8. The minimum absolute atomic E-state index is 0.0375. The van der Waals surface area contributed by atoms with Crippen molar-refractivity contribution >= 4 is 28.4 Å². The van der Waals surface area contributed by atoms with E-state index in [1.54, 1.807) is 0 Å². The fourth-order valence-corrected chi connectivity index (χ4v) is 4.52. The van der Waals surface area contributed by atoms with E-state index in [1.807, 2.05) is 25.1 Å². The highest BCUT2D eigenvalue weighted by atomic mass is 32.2. The molecule has 2 aromatic carbocycles. The molecular weight excluding hydrogens is 370 g/mol. The second-order valence-corrected chi connectivity index (χ2v) is 8.64. The van der Waals surface area contributed by atoms with Crippen molar-refractivity contribution in [1.29, 1.82) is 0 Å². The van der Waals surface area contributed by atoms with Crippen molar-refractivity contribution in [2.24, 2.45) is 0 Å². The molecule has 1 saturated carbocycles. The zero-order valence-corrected chi connectivity index (χ0v) is 16.8. The van der Waals surface area contributed by atoms with Crippen molar-refractivity contribution < 1.29 is 4.79 Å². The Morgan fingerprint density at radius 1 is 1.21 bits per heavy atom. The minimum atomic E-state index is -0.266. The first-order valence-electron chi connectivity index (χ1n) is 9.75. The Balaban J connectivity index is 1.45. The van der Waals surface area contributed by atoms with E-state index in [0.717, 1.165) is 18.4 Å². The lowest BCUT2D eigenvalue weighted by molar-refractivity contribution is -0.120. The monoisotopic (exact) mass is 395 g/mol. The van der Waals surface area contributed by atoms with Gasteiger partial charge in [0.15, 0.2) is 5.82 Å². The molecule has 1 fully saturated rings. The molecule has 146 valence electrons. The maximum Gasteiger partial charge on any atom is 0.233 e. The number of aromatic nitrogens is 3. The van der Waals surface area contributed by atoms with Crippen molar-refractivity contribution in [1.82, 2.24) is 20.2 Å². The Kier molecular flexibility index (Phi) is 5.52. The molecule has 7 heteroatoms. The standard InChI is InChI=1S/C21H25N5OS/c1-14(20(27)23-17-10-3-4-11-17)28-21-25-24-19(26(21)22)13-16-9-6-8-15-7-2-5-12-18(15)16/h2,5-9,12,14,17H,3-4,10-11,13,22H2,1H3,(H,23,27)/t14-/m1/s1. The lowest BCUT2D eigenvalue weighted by atomic mass is 10.0. The number of amides is 1. The van der Waals surface area contributed by atoms with Crippen molar-refractivity contribution in [3.63, 3.8) is 0 Å². The molecule has 0 spiro atoms. The molecule has 1 atom stereocenters. The third-order valence-corrected chi connectivity index (χ3v) is 6.37. The highest BCUT2D eigenvalue weighted by Crippen LogP contribution is 2.25. The van der Waals surface area contributed by atoms with Gasteiger partial charge in [0, 0.05) is 12.5 Å². The zero-order valence-electron chi connectivity index (χ0n) is 16.0. The predicted octanol–water partition coefficient (Wildman–Crippen LogP) is 3.28. The second-order valence-electron chi connectivity index (χ2n) is 7.33. The number of thioether (sulfide) groups is 1.